The van der Waals surface area contributed by atoms with Crippen molar-refractivity contribution in [1.29, 1.82) is 0 Å². The van der Waals surface area contributed by atoms with Gasteiger partial charge in [-0.05, 0) is 40.5 Å². The molecule has 3 rings (SSSR count). The third-order valence-electron chi connectivity index (χ3n) is 3.26. The molecule has 3 aromatic rings. The third-order valence-corrected chi connectivity index (χ3v) is 4.31. The number of aromatic nitrogens is 3. The summed E-state index contributed by atoms with van der Waals surface area (Å²) in [4.78, 5) is 11.7. The van der Waals surface area contributed by atoms with Crippen LogP contribution in [-0.4, -0.2) is 27.7 Å². The smallest absolute Gasteiger partial charge is 0.339 e. The molecule has 0 aliphatic heterocycles. The third kappa shape index (κ3) is 2.31. The number of fused-ring (bicyclic) bond motifs is 1. The maximum absolute atomic E-state index is 11.7. The van der Waals surface area contributed by atoms with E-state index in [4.69, 9.17) is 4.74 Å². The van der Waals surface area contributed by atoms with Crippen LogP contribution in [0.5, 0.6) is 0 Å². The summed E-state index contributed by atoms with van der Waals surface area (Å²) in [7, 11) is 1.36. The van der Waals surface area contributed by atoms with Crippen LogP contribution in [0, 0.1) is 6.92 Å². The van der Waals surface area contributed by atoms with E-state index < -0.39 is 0 Å². The minimum Gasteiger partial charge on any atom is -0.465 e. The number of carbonyl (C=O) groups is 1. The lowest BCUT2D eigenvalue weighted by Gasteiger charge is -2.06. The first kappa shape index (κ1) is 13.8. The predicted molar refractivity (Wildman–Crippen MR) is 82.2 cm³/mol. The van der Waals surface area contributed by atoms with E-state index in [0.29, 0.717) is 17.0 Å². The van der Waals surface area contributed by atoms with Crippen LogP contribution >= 0.6 is 15.9 Å². The second-order valence-electron chi connectivity index (χ2n) is 4.60. The maximum Gasteiger partial charge on any atom is 0.339 e. The van der Waals surface area contributed by atoms with E-state index in [1.807, 2.05) is 25.1 Å². The van der Waals surface area contributed by atoms with Crippen molar-refractivity contribution in [3.63, 3.8) is 0 Å². The van der Waals surface area contributed by atoms with Crippen molar-refractivity contribution in [3.05, 3.63) is 52.1 Å². The zero-order chi connectivity index (χ0) is 15.0. The summed E-state index contributed by atoms with van der Waals surface area (Å²) < 4.78 is 7.49. The van der Waals surface area contributed by atoms with Crippen molar-refractivity contribution in [3.8, 4) is 11.4 Å². The predicted octanol–water partition coefficient (Wildman–Crippen LogP) is 3.25. The Bertz CT molecular complexity index is 842. The fourth-order valence-corrected chi connectivity index (χ4v) is 2.57. The van der Waals surface area contributed by atoms with Crippen LogP contribution in [-0.2, 0) is 4.74 Å². The number of aryl methyl sites for hydroxylation is 1. The van der Waals surface area contributed by atoms with Crippen LogP contribution in [0.15, 0.2) is 41.0 Å². The quantitative estimate of drug-likeness (QED) is 0.669. The van der Waals surface area contributed by atoms with Crippen LogP contribution < -0.4 is 0 Å². The van der Waals surface area contributed by atoms with Crippen LogP contribution in [0.1, 0.15) is 15.9 Å². The number of hydrogen-bond donors (Lipinski definition) is 0. The molecule has 2 heterocycles. The van der Waals surface area contributed by atoms with E-state index in [9.17, 15) is 4.79 Å². The van der Waals surface area contributed by atoms with Gasteiger partial charge in [-0.25, -0.2) is 4.79 Å². The molecule has 0 fully saturated rings. The molecule has 0 spiro atoms. The second-order valence-corrected chi connectivity index (χ2v) is 5.39. The standard InChI is InChI=1S/C15H12BrN3O2/c1-9-4-3-5-11(13(9)16)14-18-17-12-7-6-10(8-19(12)14)15(20)21-2/h3-8H,1-2H3. The van der Waals surface area contributed by atoms with Gasteiger partial charge in [0.05, 0.1) is 12.7 Å². The molecule has 0 amide bonds. The number of rotatable bonds is 2. The zero-order valence-corrected chi connectivity index (χ0v) is 13.1. The van der Waals surface area contributed by atoms with Crippen molar-refractivity contribution in [2.45, 2.75) is 6.92 Å². The summed E-state index contributed by atoms with van der Waals surface area (Å²) in [5.74, 6) is 0.284. The molecule has 0 aliphatic rings. The van der Waals surface area contributed by atoms with Crippen molar-refractivity contribution < 1.29 is 9.53 Å². The fraction of sp³-hybridized carbons (Fsp3) is 0.133. The van der Waals surface area contributed by atoms with Gasteiger partial charge >= 0.3 is 5.97 Å². The largest absolute Gasteiger partial charge is 0.465 e. The van der Waals surface area contributed by atoms with Gasteiger partial charge in [0.25, 0.3) is 0 Å². The molecule has 2 aromatic heterocycles. The second kappa shape index (κ2) is 5.29. The molecule has 5 nitrogen and oxygen atoms in total. The van der Waals surface area contributed by atoms with Gasteiger partial charge in [0.2, 0.25) is 0 Å². The minimum atomic E-state index is -0.389. The minimum absolute atomic E-state index is 0.389. The summed E-state index contributed by atoms with van der Waals surface area (Å²) in [6.07, 6.45) is 1.69. The lowest BCUT2D eigenvalue weighted by Crippen LogP contribution is -2.03. The maximum atomic E-state index is 11.7. The van der Waals surface area contributed by atoms with Gasteiger partial charge in [-0.3, -0.25) is 4.40 Å². The normalized spacial score (nSPS) is 10.8. The zero-order valence-electron chi connectivity index (χ0n) is 11.5. The highest BCUT2D eigenvalue weighted by molar-refractivity contribution is 9.10. The van der Waals surface area contributed by atoms with E-state index >= 15 is 0 Å². The lowest BCUT2D eigenvalue weighted by molar-refractivity contribution is 0.0600. The molecule has 0 radical (unpaired) electrons. The molecule has 0 unspecified atom stereocenters. The van der Waals surface area contributed by atoms with E-state index in [1.54, 1.807) is 22.7 Å². The summed E-state index contributed by atoms with van der Waals surface area (Å²) in [6.45, 7) is 2.01. The Labute approximate surface area is 129 Å². The molecular weight excluding hydrogens is 334 g/mol. The van der Waals surface area contributed by atoms with Crippen molar-refractivity contribution in [1.82, 2.24) is 14.6 Å². The van der Waals surface area contributed by atoms with Gasteiger partial charge in [0.1, 0.15) is 0 Å². The Morgan fingerprint density at radius 3 is 2.81 bits per heavy atom. The monoisotopic (exact) mass is 345 g/mol. The van der Waals surface area contributed by atoms with E-state index in [1.165, 1.54) is 7.11 Å². The number of carbonyl (C=O) groups excluding carboxylic acids is 1. The average Bonchev–Trinajstić information content (AvgIpc) is 2.92. The summed E-state index contributed by atoms with van der Waals surface area (Å²) in [5.41, 5.74) is 3.15. The molecule has 0 saturated heterocycles. The number of methoxy groups -OCH3 is 1. The van der Waals surface area contributed by atoms with E-state index in [-0.39, 0.29) is 5.97 Å². The highest BCUT2D eigenvalue weighted by Gasteiger charge is 2.14. The summed E-state index contributed by atoms with van der Waals surface area (Å²) in [6, 6.07) is 9.34. The summed E-state index contributed by atoms with van der Waals surface area (Å²) in [5, 5.41) is 8.36. The topological polar surface area (TPSA) is 56.5 Å². The molecule has 106 valence electrons. The molecule has 1 aromatic carbocycles. The van der Waals surface area contributed by atoms with Crippen molar-refractivity contribution in [2.75, 3.05) is 7.11 Å². The highest BCUT2D eigenvalue weighted by Crippen LogP contribution is 2.29. The number of hydrogen-bond acceptors (Lipinski definition) is 4. The number of esters is 1. The Morgan fingerprint density at radius 1 is 1.24 bits per heavy atom. The number of ether oxygens (including phenoxy) is 1. The van der Waals surface area contributed by atoms with Crippen LogP contribution in [0.3, 0.4) is 0 Å². The fourth-order valence-electron chi connectivity index (χ4n) is 2.13. The van der Waals surface area contributed by atoms with Gasteiger partial charge in [-0.2, -0.15) is 0 Å². The molecule has 0 aliphatic carbocycles. The molecular formula is C15H12BrN3O2. The van der Waals surface area contributed by atoms with Gasteiger partial charge in [0.15, 0.2) is 11.5 Å². The van der Waals surface area contributed by atoms with Crippen LogP contribution in [0.25, 0.3) is 17.0 Å². The molecule has 0 N–H and O–H groups in total. The first-order valence-electron chi connectivity index (χ1n) is 6.30. The average molecular weight is 346 g/mol. The van der Waals surface area contributed by atoms with Crippen LogP contribution in [0.2, 0.25) is 0 Å². The first-order valence-corrected chi connectivity index (χ1v) is 7.09. The van der Waals surface area contributed by atoms with Gasteiger partial charge in [-0.15, -0.1) is 10.2 Å². The Hall–Kier alpha value is -2.21. The van der Waals surface area contributed by atoms with E-state index in [0.717, 1.165) is 15.6 Å². The summed E-state index contributed by atoms with van der Waals surface area (Å²) >= 11 is 3.58. The number of pyridine rings is 1. The van der Waals surface area contributed by atoms with E-state index in [2.05, 4.69) is 26.1 Å². The van der Waals surface area contributed by atoms with Crippen molar-refractivity contribution in [2.24, 2.45) is 0 Å². The highest BCUT2D eigenvalue weighted by atomic mass is 79.9. The molecule has 21 heavy (non-hydrogen) atoms. The number of benzene rings is 1. The Morgan fingerprint density at radius 2 is 2.05 bits per heavy atom. The molecule has 0 saturated carbocycles. The SMILES string of the molecule is COC(=O)c1ccc2nnc(-c3cccc(C)c3Br)n2c1. The first-order chi connectivity index (χ1) is 10.1. The van der Waals surface area contributed by atoms with Gasteiger partial charge in [-0.1, -0.05) is 18.2 Å². The van der Waals surface area contributed by atoms with Crippen molar-refractivity contribution >= 4 is 27.5 Å². The molecule has 0 atom stereocenters. The van der Waals surface area contributed by atoms with Gasteiger partial charge in [0, 0.05) is 16.2 Å². The number of nitrogens with zero attached hydrogens (tertiary/aromatic N) is 3. The number of halogens is 1. The molecule has 6 heteroatoms. The Balaban J connectivity index is 2.23. The Kier molecular flexibility index (Phi) is 3.47. The lowest BCUT2D eigenvalue weighted by atomic mass is 10.1. The van der Waals surface area contributed by atoms with Gasteiger partial charge < -0.3 is 4.74 Å². The molecule has 0 bridgehead atoms. The van der Waals surface area contributed by atoms with Crippen LogP contribution in [0.4, 0.5) is 0 Å².